The van der Waals surface area contributed by atoms with Crippen LogP contribution in [-0.2, 0) is 9.53 Å². The Morgan fingerprint density at radius 2 is 2.38 bits per heavy atom. The number of thioether (sulfide) groups is 1. The normalized spacial score (nSPS) is 11.3. The van der Waals surface area contributed by atoms with E-state index in [0.29, 0.717) is 5.03 Å². The topological polar surface area (TPSA) is 87.4 Å². The van der Waals surface area contributed by atoms with Crippen molar-refractivity contribution in [2.24, 2.45) is 5.10 Å². The lowest BCUT2D eigenvalue weighted by atomic mass is 10.3. The quantitative estimate of drug-likeness (QED) is 0.357. The van der Waals surface area contributed by atoms with Crippen LogP contribution in [0.4, 0.5) is 13.8 Å². The number of nitrogens with zero attached hydrogens (tertiary/aromatic N) is 3. The third kappa shape index (κ3) is 4.95. The Balaban J connectivity index is 2.86. The number of hydrogen-bond donors (Lipinski definition) is 1. The van der Waals surface area contributed by atoms with Gasteiger partial charge >= 0.3 is 5.97 Å². The Morgan fingerprint density at radius 1 is 1.67 bits per heavy atom. The van der Waals surface area contributed by atoms with E-state index < -0.39 is 24.5 Å². The highest BCUT2D eigenvalue weighted by atomic mass is 32.2. The number of nitriles is 1. The van der Waals surface area contributed by atoms with Gasteiger partial charge in [-0.3, -0.25) is 10.2 Å². The van der Waals surface area contributed by atoms with Crippen molar-refractivity contribution >= 4 is 40.0 Å². The van der Waals surface area contributed by atoms with E-state index in [0.717, 1.165) is 11.5 Å². The molecule has 0 aliphatic heterocycles. The molecule has 0 radical (unpaired) electrons. The number of hydrazone groups is 1. The van der Waals surface area contributed by atoms with Gasteiger partial charge in [0, 0.05) is 0 Å². The molecule has 0 saturated heterocycles. The Bertz CT molecular complexity index is 569. The molecule has 0 fully saturated rings. The zero-order valence-corrected chi connectivity index (χ0v) is 12.9. The first-order valence-electron chi connectivity index (χ1n) is 5.73. The maximum Gasteiger partial charge on any atom is 0.311 e. The van der Waals surface area contributed by atoms with Crippen LogP contribution in [-0.4, -0.2) is 35.3 Å². The molecule has 1 aromatic heterocycles. The van der Waals surface area contributed by atoms with Crippen LogP contribution in [0, 0.1) is 11.3 Å². The second kappa shape index (κ2) is 8.53. The van der Waals surface area contributed by atoms with Crippen molar-refractivity contribution in [2.45, 2.75) is 24.8 Å². The first-order chi connectivity index (χ1) is 10.0. The molecule has 0 aliphatic rings. The fourth-order valence-corrected chi connectivity index (χ4v) is 2.65. The maximum atomic E-state index is 12.8. The van der Waals surface area contributed by atoms with Gasteiger partial charge in [0.25, 0.3) is 6.43 Å². The largest absolute Gasteiger partial charge is 0.466 e. The first-order valence-corrected chi connectivity index (χ1v) is 7.73. The maximum absolute atomic E-state index is 12.8. The van der Waals surface area contributed by atoms with Gasteiger partial charge in [-0.05, 0) is 24.7 Å². The van der Waals surface area contributed by atoms with Crippen LogP contribution in [0.5, 0.6) is 0 Å². The van der Waals surface area contributed by atoms with Crippen LogP contribution in [0.15, 0.2) is 10.1 Å². The summed E-state index contributed by atoms with van der Waals surface area (Å²) in [6.07, 6.45) is -1.77. The lowest BCUT2D eigenvalue weighted by Crippen LogP contribution is -2.19. The molecule has 114 valence electrons. The number of nitrogens with one attached hydrogen (secondary N) is 1. The summed E-state index contributed by atoms with van der Waals surface area (Å²) in [5, 5.41) is 13.2. The summed E-state index contributed by atoms with van der Waals surface area (Å²) < 4.78 is 34.2. The fourth-order valence-electron chi connectivity index (χ4n) is 1.24. The average Bonchev–Trinajstić information content (AvgIpc) is 2.85. The van der Waals surface area contributed by atoms with Gasteiger partial charge in [0.05, 0.1) is 13.0 Å². The van der Waals surface area contributed by atoms with Gasteiger partial charge in [0.1, 0.15) is 27.4 Å². The lowest BCUT2D eigenvalue weighted by Gasteiger charge is -2.05. The van der Waals surface area contributed by atoms with Gasteiger partial charge in [0.2, 0.25) is 0 Å². The fraction of sp³-hybridized carbons (Fsp3) is 0.455. The molecule has 0 aromatic carbocycles. The van der Waals surface area contributed by atoms with Gasteiger partial charge in [-0.1, -0.05) is 0 Å². The van der Waals surface area contributed by atoms with E-state index >= 15 is 0 Å². The number of esters is 1. The van der Waals surface area contributed by atoms with Crippen LogP contribution in [0.3, 0.4) is 0 Å². The number of aromatic nitrogens is 1. The standard InChI is InChI=1S/C11H12F2N4O2S2/c1-3-19-8(18)4-7(9(12)13)15-16-10-6(5-14)11(20-2)17-21-10/h9,16H,3-4H2,1-2H3/b15-7-. The molecule has 1 N–H and O–H groups in total. The molecule has 1 aromatic rings. The van der Waals surface area contributed by atoms with Crippen LogP contribution in [0.2, 0.25) is 0 Å². The van der Waals surface area contributed by atoms with E-state index in [1.54, 1.807) is 13.2 Å². The van der Waals surface area contributed by atoms with Crippen molar-refractivity contribution in [3.63, 3.8) is 0 Å². The van der Waals surface area contributed by atoms with Gasteiger partial charge in [-0.15, -0.1) is 11.8 Å². The molecular formula is C11H12F2N4O2S2. The summed E-state index contributed by atoms with van der Waals surface area (Å²) >= 11 is 2.20. The van der Waals surface area contributed by atoms with Gasteiger partial charge in [-0.2, -0.15) is 14.7 Å². The van der Waals surface area contributed by atoms with Crippen molar-refractivity contribution in [1.82, 2.24) is 4.37 Å². The van der Waals surface area contributed by atoms with E-state index in [-0.39, 0.29) is 17.2 Å². The van der Waals surface area contributed by atoms with E-state index in [1.165, 1.54) is 11.8 Å². The Morgan fingerprint density at radius 3 is 2.90 bits per heavy atom. The zero-order chi connectivity index (χ0) is 15.8. The summed E-state index contributed by atoms with van der Waals surface area (Å²) in [6.45, 7) is 1.68. The molecule has 0 saturated carbocycles. The molecule has 10 heteroatoms. The van der Waals surface area contributed by atoms with Crippen molar-refractivity contribution < 1.29 is 18.3 Å². The Kier molecular flexibility index (Phi) is 7.04. The molecule has 0 bridgehead atoms. The summed E-state index contributed by atoms with van der Waals surface area (Å²) in [5.41, 5.74) is 1.95. The highest BCUT2D eigenvalue weighted by Gasteiger charge is 2.19. The van der Waals surface area contributed by atoms with Crippen LogP contribution in [0.1, 0.15) is 18.9 Å². The predicted molar refractivity (Wildman–Crippen MR) is 76.9 cm³/mol. The minimum atomic E-state index is -2.90. The van der Waals surface area contributed by atoms with Gasteiger partial charge in [-0.25, -0.2) is 8.78 Å². The number of rotatable bonds is 7. The molecular weight excluding hydrogens is 322 g/mol. The Labute approximate surface area is 128 Å². The van der Waals surface area contributed by atoms with Gasteiger partial charge in [0.15, 0.2) is 0 Å². The number of anilines is 1. The molecule has 0 amide bonds. The molecule has 0 atom stereocenters. The van der Waals surface area contributed by atoms with E-state index in [4.69, 9.17) is 5.26 Å². The summed E-state index contributed by atoms with van der Waals surface area (Å²) in [4.78, 5) is 11.2. The third-order valence-electron chi connectivity index (χ3n) is 2.15. The molecule has 0 spiro atoms. The second-order valence-corrected chi connectivity index (χ2v) is 5.07. The van der Waals surface area contributed by atoms with Crippen LogP contribution >= 0.6 is 23.3 Å². The smallest absolute Gasteiger partial charge is 0.311 e. The second-order valence-electron chi connectivity index (χ2n) is 3.51. The van der Waals surface area contributed by atoms with E-state index in [1.807, 2.05) is 6.07 Å². The number of hydrogen-bond acceptors (Lipinski definition) is 8. The molecule has 1 heterocycles. The third-order valence-corrected chi connectivity index (χ3v) is 3.70. The summed E-state index contributed by atoms with van der Waals surface area (Å²) in [6, 6.07) is 1.93. The number of halogens is 2. The monoisotopic (exact) mass is 334 g/mol. The summed E-state index contributed by atoms with van der Waals surface area (Å²) in [7, 11) is 0. The zero-order valence-electron chi connectivity index (χ0n) is 11.2. The SMILES string of the molecule is CCOC(=O)C/C(=N/Nc1snc(SC)c1C#N)C(F)F. The van der Waals surface area contributed by atoms with E-state index in [2.05, 4.69) is 19.6 Å². The average molecular weight is 334 g/mol. The molecule has 21 heavy (non-hydrogen) atoms. The van der Waals surface area contributed by atoms with Crippen LogP contribution < -0.4 is 5.43 Å². The van der Waals surface area contributed by atoms with Crippen LogP contribution in [0.25, 0.3) is 0 Å². The van der Waals surface area contributed by atoms with E-state index in [9.17, 15) is 13.6 Å². The highest BCUT2D eigenvalue weighted by molar-refractivity contribution is 7.98. The summed E-state index contributed by atoms with van der Waals surface area (Å²) in [5.74, 6) is -0.784. The van der Waals surface area contributed by atoms with Crippen molar-refractivity contribution in [2.75, 3.05) is 18.3 Å². The molecule has 6 nitrogen and oxygen atoms in total. The number of ether oxygens (including phenoxy) is 1. The minimum Gasteiger partial charge on any atom is -0.466 e. The highest BCUT2D eigenvalue weighted by Crippen LogP contribution is 2.29. The van der Waals surface area contributed by atoms with Crippen molar-refractivity contribution in [3.8, 4) is 6.07 Å². The number of carbonyl (C=O) groups excluding carboxylic acids is 1. The van der Waals surface area contributed by atoms with Crippen molar-refractivity contribution in [3.05, 3.63) is 5.56 Å². The van der Waals surface area contributed by atoms with Crippen molar-refractivity contribution in [1.29, 1.82) is 5.26 Å². The first kappa shape index (κ1) is 17.3. The minimum absolute atomic E-state index is 0.104. The lowest BCUT2D eigenvalue weighted by molar-refractivity contribution is -0.141. The van der Waals surface area contributed by atoms with Gasteiger partial charge < -0.3 is 4.74 Å². The number of carbonyl (C=O) groups is 1. The molecule has 0 aliphatic carbocycles. The number of alkyl halides is 2. The molecule has 0 unspecified atom stereocenters. The molecule has 1 rings (SSSR count). The predicted octanol–water partition coefficient (Wildman–Crippen LogP) is 2.72. The Hall–Kier alpha value is -1.73.